The lowest BCUT2D eigenvalue weighted by atomic mass is 10.1. The van der Waals surface area contributed by atoms with Gasteiger partial charge in [0.05, 0.1) is 11.5 Å². The van der Waals surface area contributed by atoms with E-state index in [0.29, 0.717) is 12.3 Å². The fraction of sp³-hybridized carbons (Fsp3) is 0.700. The van der Waals surface area contributed by atoms with Crippen molar-refractivity contribution < 1.29 is 8.42 Å². The summed E-state index contributed by atoms with van der Waals surface area (Å²) >= 11 is 0. The van der Waals surface area contributed by atoms with Crippen molar-refractivity contribution in [3.8, 4) is 0 Å². The first-order valence-electron chi connectivity index (χ1n) is 5.55. The van der Waals surface area contributed by atoms with Gasteiger partial charge in [-0.15, -0.1) is 0 Å². The van der Waals surface area contributed by atoms with E-state index in [0.717, 1.165) is 30.8 Å². The minimum absolute atomic E-state index is 0.0327. The standard InChI is InChI=1S/C10H17N3O2S/c11-4-3-9-6-12-10(13-9)8-2-1-5-16(14,15)7-8/h6,8H,1-5,7,11H2,(H,12,13). The third kappa shape index (κ3) is 2.62. The Bertz CT molecular complexity index is 452. The largest absolute Gasteiger partial charge is 0.346 e. The highest BCUT2D eigenvalue weighted by Crippen LogP contribution is 2.26. The molecule has 0 bridgehead atoms. The van der Waals surface area contributed by atoms with Crippen molar-refractivity contribution in [1.82, 2.24) is 9.97 Å². The van der Waals surface area contributed by atoms with Gasteiger partial charge in [0.25, 0.3) is 0 Å². The molecule has 0 aliphatic carbocycles. The number of rotatable bonds is 3. The van der Waals surface area contributed by atoms with Crippen LogP contribution in [-0.4, -0.2) is 36.4 Å². The fourth-order valence-electron chi connectivity index (χ4n) is 2.11. The van der Waals surface area contributed by atoms with Crippen molar-refractivity contribution in [2.75, 3.05) is 18.1 Å². The van der Waals surface area contributed by atoms with E-state index < -0.39 is 9.84 Å². The van der Waals surface area contributed by atoms with Crippen molar-refractivity contribution in [2.45, 2.75) is 25.2 Å². The Labute approximate surface area is 95.4 Å². The van der Waals surface area contributed by atoms with E-state index in [1.165, 1.54) is 0 Å². The number of H-pyrrole nitrogens is 1. The smallest absolute Gasteiger partial charge is 0.151 e. The Balaban J connectivity index is 2.11. The number of hydrogen-bond donors (Lipinski definition) is 2. The highest BCUT2D eigenvalue weighted by Gasteiger charge is 2.27. The molecule has 5 nitrogen and oxygen atoms in total. The second-order valence-corrected chi connectivity index (χ2v) is 6.51. The number of nitrogens with one attached hydrogen (secondary N) is 1. The average Bonchev–Trinajstić information content (AvgIpc) is 2.65. The van der Waals surface area contributed by atoms with Gasteiger partial charge in [0.1, 0.15) is 5.82 Å². The van der Waals surface area contributed by atoms with Crippen molar-refractivity contribution in [3.63, 3.8) is 0 Å². The second kappa shape index (κ2) is 4.55. The molecule has 2 heterocycles. The summed E-state index contributed by atoms with van der Waals surface area (Å²) in [5.74, 6) is 1.37. The van der Waals surface area contributed by atoms with Crippen LogP contribution >= 0.6 is 0 Å². The molecule has 1 aromatic heterocycles. The lowest BCUT2D eigenvalue weighted by Crippen LogP contribution is -2.24. The monoisotopic (exact) mass is 243 g/mol. The van der Waals surface area contributed by atoms with Crippen LogP contribution in [0.5, 0.6) is 0 Å². The summed E-state index contributed by atoms with van der Waals surface area (Å²) < 4.78 is 23.0. The number of aromatic nitrogens is 2. The topological polar surface area (TPSA) is 88.8 Å². The molecule has 6 heteroatoms. The number of nitrogens with zero attached hydrogens (tertiary/aromatic N) is 1. The van der Waals surface area contributed by atoms with Crippen LogP contribution in [0.3, 0.4) is 0 Å². The quantitative estimate of drug-likeness (QED) is 0.794. The molecule has 90 valence electrons. The third-order valence-electron chi connectivity index (χ3n) is 2.91. The predicted molar refractivity (Wildman–Crippen MR) is 62.0 cm³/mol. The summed E-state index contributed by atoms with van der Waals surface area (Å²) in [6.45, 7) is 0.574. The van der Waals surface area contributed by atoms with Gasteiger partial charge in [-0.2, -0.15) is 0 Å². The Morgan fingerprint density at radius 2 is 2.38 bits per heavy atom. The molecule has 1 aromatic rings. The number of aromatic amines is 1. The van der Waals surface area contributed by atoms with E-state index in [1.807, 2.05) is 0 Å². The van der Waals surface area contributed by atoms with Crippen LogP contribution in [0.15, 0.2) is 6.20 Å². The summed E-state index contributed by atoms with van der Waals surface area (Å²) in [5.41, 5.74) is 6.43. The van der Waals surface area contributed by atoms with Gasteiger partial charge in [-0.05, 0) is 19.4 Å². The van der Waals surface area contributed by atoms with Crippen LogP contribution < -0.4 is 5.73 Å². The molecule has 3 N–H and O–H groups in total. The number of imidazole rings is 1. The van der Waals surface area contributed by atoms with Crippen molar-refractivity contribution in [1.29, 1.82) is 0 Å². The van der Waals surface area contributed by atoms with Crippen molar-refractivity contribution in [2.24, 2.45) is 5.73 Å². The number of nitrogens with two attached hydrogens (primary N) is 1. The molecule has 0 spiro atoms. The van der Waals surface area contributed by atoms with Gasteiger partial charge in [0.2, 0.25) is 0 Å². The van der Waals surface area contributed by atoms with Crippen molar-refractivity contribution >= 4 is 9.84 Å². The van der Waals surface area contributed by atoms with Gasteiger partial charge in [-0.1, -0.05) is 0 Å². The predicted octanol–water partition coefficient (Wildman–Crippen LogP) is 0.203. The van der Waals surface area contributed by atoms with E-state index in [9.17, 15) is 8.42 Å². The van der Waals surface area contributed by atoms with Crippen LogP contribution in [0.25, 0.3) is 0 Å². The van der Waals surface area contributed by atoms with Gasteiger partial charge in [0.15, 0.2) is 9.84 Å². The minimum Gasteiger partial charge on any atom is -0.346 e. The molecule has 2 rings (SSSR count). The molecule has 1 saturated heterocycles. The average molecular weight is 243 g/mol. The molecule has 16 heavy (non-hydrogen) atoms. The molecular weight excluding hydrogens is 226 g/mol. The zero-order valence-corrected chi connectivity index (χ0v) is 9.96. The van der Waals surface area contributed by atoms with E-state index in [2.05, 4.69) is 9.97 Å². The van der Waals surface area contributed by atoms with Crippen molar-refractivity contribution in [3.05, 3.63) is 17.7 Å². The molecule has 1 atom stereocenters. The third-order valence-corrected chi connectivity index (χ3v) is 4.73. The summed E-state index contributed by atoms with van der Waals surface area (Å²) in [6, 6.07) is 0. The molecule has 0 saturated carbocycles. The molecular formula is C10H17N3O2S. The first-order chi connectivity index (χ1) is 7.61. The van der Waals surface area contributed by atoms with E-state index in [1.54, 1.807) is 6.20 Å². The fourth-order valence-corrected chi connectivity index (χ4v) is 3.82. The maximum Gasteiger partial charge on any atom is 0.151 e. The van der Waals surface area contributed by atoms with E-state index in [4.69, 9.17) is 5.73 Å². The van der Waals surface area contributed by atoms with Gasteiger partial charge >= 0.3 is 0 Å². The Morgan fingerprint density at radius 3 is 3.06 bits per heavy atom. The Kier molecular flexibility index (Phi) is 3.30. The summed E-state index contributed by atoms with van der Waals surface area (Å²) in [6.07, 6.45) is 4.14. The summed E-state index contributed by atoms with van der Waals surface area (Å²) in [5, 5.41) is 0. The van der Waals surface area contributed by atoms with Gasteiger partial charge in [0, 0.05) is 24.2 Å². The maximum absolute atomic E-state index is 11.5. The zero-order chi connectivity index (χ0) is 11.6. The molecule has 1 aliphatic rings. The first-order valence-corrected chi connectivity index (χ1v) is 7.37. The summed E-state index contributed by atoms with van der Waals surface area (Å²) in [7, 11) is -2.87. The van der Waals surface area contributed by atoms with Crippen LogP contribution in [0.4, 0.5) is 0 Å². The molecule has 1 aliphatic heterocycles. The minimum atomic E-state index is -2.87. The van der Waals surface area contributed by atoms with Gasteiger partial charge < -0.3 is 10.7 Å². The number of sulfone groups is 1. The highest BCUT2D eigenvalue weighted by molar-refractivity contribution is 7.91. The van der Waals surface area contributed by atoms with Crippen LogP contribution in [-0.2, 0) is 16.3 Å². The number of hydrogen-bond acceptors (Lipinski definition) is 4. The maximum atomic E-state index is 11.5. The highest BCUT2D eigenvalue weighted by atomic mass is 32.2. The normalized spacial score (nSPS) is 24.4. The first kappa shape index (κ1) is 11.6. The van der Waals surface area contributed by atoms with Crippen LogP contribution in [0.1, 0.15) is 30.3 Å². The molecule has 0 radical (unpaired) electrons. The second-order valence-electron chi connectivity index (χ2n) is 4.29. The lowest BCUT2D eigenvalue weighted by molar-refractivity contribution is 0.545. The SMILES string of the molecule is NCCc1cnc(C2CCCS(=O)(=O)C2)[nH]1. The van der Waals surface area contributed by atoms with Gasteiger partial charge in [-0.3, -0.25) is 0 Å². The Hall–Kier alpha value is -0.880. The summed E-state index contributed by atoms with van der Waals surface area (Å²) in [4.78, 5) is 7.41. The van der Waals surface area contributed by atoms with Crippen LogP contribution in [0, 0.1) is 0 Å². The van der Waals surface area contributed by atoms with E-state index >= 15 is 0 Å². The van der Waals surface area contributed by atoms with Crippen LogP contribution in [0.2, 0.25) is 0 Å². The lowest BCUT2D eigenvalue weighted by Gasteiger charge is -2.19. The zero-order valence-electron chi connectivity index (χ0n) is 9.15. The van der Waals surface area contributed by atoms with E-state index in [-0.39, 0.29) is 11.7 Å². The Morgan fingerprint density at radius 1 is 1.56 bits per heavy atom. The molecule has 1 unspecified atom stereocenters. The molecule has 0 aromatic carbocycles. The molecule has 1 fully saturated rings. The van der Waals surface area contributed by atoms with Gasteiger partial charge in [-0.25, -0.2) is 13.4 Å². The molecule has 0 amide bonds.